The fraction of sp³-hybridized carbons (Fsp3) is 0.800. The molecule has 0 saturated carbocycles. The summed E-state index contributed by atoms with van der Waals surface area (Å²) in [6.45, 7) is 1.29. The highest BCUT2D eigenvalue weighted by Crippen LogP contribution is 2.27. The number of hydrogen-bond acceptors (Lipinski definition) is 5. The molecule has 100 valence electrons. The molecule has 0 saturated heterocycles. The summed E-state index contributed by atoms with van der Waals surface area (Å²) in [6, 6.07) is 0. The quantitative estimate of drug-likeness (QED) is 0.627. The van der Waals surface area contributed by atoms with Gasteiger partial charge in [0.1, 0.15) is 0 Å². The second kappa shape index (κ2) is 7.52. The summed E-state index contributed by atoms with van der Waals surface area (Å²) in [4.78, 5) is 21.0. The van der Waals surface area contributed by atoms with Crippen LogP contribution in [0.4, 0.5) is 0 Å². The van der Waals surface area contributed by atoms with Gasteiger partial charge in [0.25, 0.3) is 0 Å². The molecule has 2 N–H and O–H groups in total. The van der Waals surface area contributed by atoms with Crippen molar-refractivity contribution in [2.24, 2.45) is 0 Å². The van der Waals surface area contributed by atoms with E-state index in [0.29, 0.717) is 6.42 Å². The van der Waals surface area contributed by atoms with Crippen LogP contribution in [-0.4, -0.2) is 48.6 Å². The van der Waals surface area contributed by atoms with Gasteiger partial charge in [0.2, 0.25) is 5.91 Å². The molecule has 7 heteroatoms. The Balaban J connectivity index is 4.68. The maximum atomic E-state index is 11.3. The van der Waals surface area contributed by atoms with Gasteiger partial charge in [-0.1, -0.05) is 0 Å². The van der Waals surface area contributed by atoms with Gasteiger partial charge in [0.15, 0.2) is 11.2 Å². The van der Waals surface area contributed by atoms with Crippen LogP contribution in [0.3, 0.4) is 0 Å². The third kappa shape index (κ3) is 4.93. The summed E-state index contributed by atoms with van der Waals surface area (Å²) in [5.41, 5.74) is 0. The Morgan fingerprint density at radius 1 is 1.41 bits per heavy atom. The van der Waals surface area contributed by atoms with Crippen molar-refractivity contribution in [2.45, 2.75) is 30.9 Å². The maximum Gasteiger partial charge on any atom is 0.340 e. The number of carboxylic acid groups (broad SMARTS) is 1. The summed E-state index contributed by atoms with van der Waals surface area (Å²) >= 11 is 1.07. The normalized spacial score (nSPS) is 14.4. The van der Waals surface area contributed by atoms with Crippen molar-refractivity contribution in [3.05, 3.63) is 0 Å². The van der Waals surface area contributed by atoms with Crippen LogP contribution < -0.4 is 5.32 Å². The molecule has 1 unspecified atom stereocenters. The minimum atomic E-state index is -1.33. The Morgan fingerprint density at radius 3 is 2.24 bits per heavy atom. The van der Waals surface area contributed by atoms with Crippen molar-refractivity contribution in [2.75, 3.05) is 20.5 Å². The maximum absolute atomic E-state index is 11.3. The molecule has 1 atom stereocenters. The average Bonchev–Trinajstić information content (AvgIpc) is 2.27. The van der Waals surface area contributed by atoms with Gasteiger partial charge in [-0.25, -0.2) is 4.79 Å². The molecule has 0 radical (unpaired) electrons. The van der Waals surface area contributed by atoms with Crippen LogP contribution in [0.15, 0.2) is 0 Å². The van der Waals surface area contributed by atoms with Crippen molar-refractivity contribution in [1.29, 1.82) is 0 Å². The van der Waals surface area contributed by atoms with Crippen molar-refractivity contribution in [3.8, 4) is 0 Å². The summed E-state index contributed by atoms with van der Waals surface area (Å²) in [5, 5.41) is 11.7. The smallest absolute Gasteiger partial charge is 0.340 e. The molecule has 0 spiro atoms. The van der Waals surface area contributed by atoms with E-state index in [-0.39, 0.29) is 12.3 Å². The summed E-state index contributed by atoms with van der Waals surface area (Å²) < 4.78 is 9.97. The molecule has 0 bridgehead atoms. The molecule has 0 aromatic rings. The number of thioether (sulfide) groups is 1. The molecule has 17 heavy (non-hydrogen) atoms. The van der Waals surface area contributed by atoms with Gasteiger partial charge in [-0.05, 0) is 12.7 Å². The average molecular weight is 265 g/mol. The second-order valence-corrected chi connectivity index (χ2v) is 4.56. The van der Waals surface area contributed by atoms with E-state index in [9.17, 15) is 14.7 Å². The molecule has 0 aliphatic rings. The predicted octanol–water partition coefficient (Wildman–Crippen LogP) is 0.665. The van der Waals surface area contributed by atoms with E-state index in [2.05, 4.69) is 5.32 Å². The molecule has 0 aliphatic carbocycles. The molecule has 1 amide bonds. The predicted molar refractivity (Wildman–Crippen MR) is 64.7 cm³/mol. The van der Waals surface area contributed by atoms with Crippen molar-refractivity contribution in [3.63, 3.8) is 0 Å². The number of carbonyl (C=O) groups excluding carboxylic acids is 1. The van der Waals surface area contributed by atoms with Crippen molar-refractivity contribution < 1.29 is 24.2 Å². The third-order valence-corrected chi connectivity index (χ3v) is 3.51. The molecule has 0 rings (SSSR count). The SMILES string of the molecule is COC(CCC(NC(C)=O)(SC)C(=O)O)OC. The van der Waals surface area contributed by atoms with Gasteiger partial charge in [0, 0.05) is 27.6 Å². The summed E-state index contributed by atoms with van der Waals surface area (Å²) in [7, 11) is 2.96. The summed E-state index contributed by atoms with van der Waals surface area (Å²) in [6.07, 6.45) is 1.75. The highest BCUT2D eigenvalue weighted by Gasteiger charge is 2.39. The lowest BCUT2D eigenvalue weighted by molar-refractivity contribution is -0.145. The lowest BCUT2D eigenvalue weighted by Gasteiger charge is -2.29. The molecule has 0 aromatic heterocycles. The fourth-order valence-corrected chi connectivity index (χ4v) is 2.14. The fourth-order valence-electron chi connectivity index (χ4n) is 1.40. The number of methoxy groups -OCH3 is 2. The number of nitrogens with one attached hydrogen (secondary N) is 1. The van der Waals surface area contributed by atoms with Gasteiger partial charge in [-0.3, -0.25) is 4.79 Å². The lowest BCUT2D eigenvalue weighted by atomic mass is 10.1. The Morgan fingerprint density at radius 2 is 1.94 bits per heavy atom. The van der Waals surface area contributed by atoms with Crippen LogP contribution in [0.25, 0.3) is 0 Å². The standard InChI is InChI=1S/C10H19NO5S/c1-7(12)11-10(17-4,9(13)14)6-5-8(15-2)16-3/h8H,5-6H2,1-4H3,(H,11,12)(H,13,14). The number of rotatable bonds is 8. The first-order valence-corrected chi connectivity index (χ1v) is 6.27. The van der Waals surface area contributed by atoms with E-state index in [1.165, 1.54) is 21.1 Å². The van der Waals surface area contributed by atoms with Crippen LogP contribution in [0.1, 0.15) is 19.8 Å². The third-order valence-electron chi connectivity index (χ3n) is 2.33. The van der Waals surface area contributed by atoms with Crippen LogP contribution >= 0.6 is 11.8 Å². The van der Waals surface area contributed by atoms with Gasteiger partial charge in [-0.2, -0.15) is 0 Å². The summed E-state index contributed by atoms with van der Waals surface area (Å²) in [5.74, 6) is -1.46. The Kier molecular flexibility index (Phi) is 7.17. The first-order valence-electron chi connectivity index (χ1n) is 5.04. The lowest BCUT2D eigenvalue weighted by Crippen LogP contribution is -2.51. The van der Waals surface area contributed by atoms with Crippen molar-refractivity contribution in [1.82, 2.24) is 5.32 Å². The van der Waals surface area contributed by atoms with E-state index < -0.39 is 17.1 Å². The number of ether oxygens (including phenoxy) is 2. The van der Waals surface area contributed by atoms with E-state index in [4.69, 9.17) is 9.47 Å². The highest BCUT2D eigenvalue weighted by atomic mass is 32.2. The first-order chi connectivity index (χ1) is 7.91. The largest absolute Gasteiger partial charge is 0.479 e. The molecule has 0 aromatic carbocycles. The number of aliphatic carboxylic acids is 1. The van der Waals surface area contributed by atoms with Gasteiger partial charge >= 0.3 is 5.97 Å². The minimum Gasteiger partial charge on any atom is -0.479 e. The Hall–Kier alpha value is -0.790. The molecule has 0 fully saturated rings. The molecular weight excluding hydrogens is 246 g/mol. The molecule has 0 heterocycles. The Bertz CT molecular complexity index is 269. The zero-order valence-corrected chi connectivity index (χ0v) is 11.3. The number of carbonyl (C=O) groups is 2. The molecule has 6 nitrogen and oxygen atoms in total. The minimum absolute atomic E-state index is 0.218. The first kappa shape index (κ1) is 16.2. The van der Waals surface area contributed by atoms with Crippen LogP contribution in [-0.2, 0) is 19.1 Å². The Labute approximate surface area is 105 Å². The zero-order valence-electron chi connectivity index (χ0n) is 10.5. The van der Waals surface area contributed by atoms with Gasteiger partial charge in [-0.15, -0.1) is 11.8 Å². The van der Waals surface area contributed by atoms with Gasteiger partial charge < -0.3 is 19.9 Å². The zero-order chi connectivity index (χ0) is 13.5. The van der Waals surface area contributed by atoms with E-state index in [1.54, 1.807) is 6.26 Å². The molecule has 0 aliphatic heterocycles. The number of hydrogen-bond donors (Lipinski definition) is 2. The van der Waals surface area contributed by atoms with Crippen molar-refractivity contribution >= 4 is 23.6 Å². The van der Waals surface area contributed by atoms with E-state index >= 15 is 0 Å². The van der Waals surface area contributed by atoms with E-state index in [1.807, 2.05) is 0 Å². The van der Waals surface area contributed by atoms with E-state index in [0.717, 1.165) is 11.8 Å². The second-order valence-electron chi connectivity index (χ2n) is 3.46. The van der Waals surface area contributed by atoms with Gasteiger partial charge in [0.05, 0.1) is 0 Å². The number of amides is 1. The monoisotopic (exact) mass is 265 g/mol. The van der Waals surface area contributed by atoms with Crippen LogP contribution in [0.2, 0.25) is 0 Å². The topological polar surface area (TPSA) is 84.9 Å². The number of carboxylic acids is 1. The van der Waals surface area contributed by atoms with Crippen LogP contribution in [0, 0.1) is 0 Å². The molecular formula is C10H19NO5S. The highest BCUT2D eigenvalue weighted by molar-refractivity contribution is 8.00. The van der Waals surface area contributed by atoms with Crippen LogP contribution in [0.5, 0.6) is 0 Å².